The molecule has 0 amide bonds. The maximum Gasteiger partial charge on any atom is 0.250 e. The van der Waals surface area contributed by atoms with Crippen molar-refractivity contribution in [3.05, 3.63) is 41.3 Å². The van der Waals surface area contributed by atoms with Crippen molar-refractivity contribution >= 4 is 5.84 Å². The minimum absolute atomic E-state index is 0.0460. The van der Waals surface area contributed by atoms with Gasteiger partial charge in [-0.15, -0.1) is 5.10 Å². The van der Waals surface area contributed by atoms with Gasteiger partial charge < -0.3 is 15.7 Å². The van der Waals surface area contributed by atoms with E-state index in [0.717, 1.165) is 11.3 Å². The molecule has 0 bridgehead atoms. The summed E-state index contributed by atoms with van der Waals surface area (Å²) in [6.45, 7) is 3.94. The third-order valence-electron chi connectivity index (χ3n) is 3.03. The van der Waals surface area contributed by atoms with Crippen molar-refractivity contribution in [3.63, 3.8) is 0 Å². The molecule has 0 saturated carbocycles. The van der Waals surface area contributed by atoms with Crippen LogP contribution in [0.25, 0.3) is 0 Å². The lowest BCUT2D eigenvalue weighted by atomic mass is 10.0. The highest BCUT2D eigenvalue weighted by Gasteiger charge is 2.19. The van der Waals surface area contributed by atoms with E-state index in [1.54, 1.807) is 24.5 Å². The summed E-state index contributed by atoms with van der Waals surface area (Å²) >= 11 is 0. The van der Waals surface area contributed by atoms with E-state index < -0.39 is 0 Å². The number of oxime groups is 1. The zero-order valence-electron chi connectivity index (χ0n) is 11.9. The molecule has 0 saturated heterocycles. The lowest BCUT2D eigenvalue weighted by molar-refractivity contribution is 0.318. The molecule has 21 heavy (non-hydrogen) atoms. The van der Waals surface area contributed by atoms with Gasteiger partial charge in [-0.3, -0.25) is 4.98 Å². The van der Waals surface area contributed by atoms with E-state index in [4.69, 9.17) is 15.7 Å². The first-order valence-electron chi connectivity index (χ1n) is 6.65. The second-order valence-electron chi connectivity index (χ2n) is 4.29. The van der Waals surface area contributed by atoms with Gasteiger partial charge in [0.25, 0.3) is 0 Å². The van der Waals surface area contributed by atoms with Crippen LogP contribution in [-0.4, -0.2) is 26.2 Å². The largest absolute Gasteiger partial charge is 0.435 e. The molecule has 0 unspecified atom stereocenters. The number of aryl methyl sites for hydroxylation is 1. The van der Waals surface area contributed by atoms with E-state index in [9.17, 15) is 0 Å². The van der Waals surface area contributed by atoms with Crippen molar-refractivity contribution in [1.29, 1.82) is 0 Å². The zero-order valence-corrected chi connectivity index (χ0v) is 11.9. The molecule has 0 spiro atoms. The molecule has 7 heteroatoms. The first kappa shape index (κ1) is 14.7. The van der Waals surface area contributed by atoms with Crippen molar-refractivity contribution in [2.45, 2.75) is 26.7 Å². The Labute approximate surface area is 122 Å². The first-order valence-corrected chi connectivity index (χ1v) is 6.65. The van der Waals surface area contributed by atoms with Gasteiger partial charge in [0.1, 0.15) is 5.75 Å². The smallest absolute Gasteiger partial charge is 0.250 e. The van der Waals surface area contributed by atoms with Gasteiger partial charge in [0, 0.05) is 6.20 Å². The molecule has 0 atom stereocenters. The van der Waals surface area contributed by atoms with Gasteiger partial charge in [0.15, 0.2) is 5.84 Å². The van der Waals surface area contributed by atoms with Crippen LogP contribution in [0, 0.1) is 0 Å². The summed E-state index contributed by atoms with van der Waals surface area (Å²) in [4.78, 5) is 3.97. The predicted molar refractivity (Wildman–Crippen MR) is 77.6 cm³/mol. The Kier molecular flexibility index (Phi) is 4.65. The van der Waals surface area contributed by atoms with Gasteiger partial charge in [-0.05, 0) is 30.5 Å². The molecule has 2 heterocycles. The predicted octanol–water partition coefficient (Wildman–Crippen LogP) is 1.88. The fraction of sp³-hybridized carbons (Fsp3) is 0.286. The van der Waals surface area contributed by atoms with Crippen molar-refractivity contribution < 1.29 is 9.94 Å². The van der Waals surface area contributed by atoms with E-state index in [1.165, 1.54) is 0 Å². The van der Waals surface area contributed by atoms with Crippen LogP contribution in [0.2, 0.25) is 0 Å². The Bertz CT molecular complexity index is 643. The Balaban J connectivity index is 2.55. The Hall–Kier alpha value is -2.70. The van der Waals surface area contributed by atoms with Crippen LogP contribution in [0.3, 0.4) is 0 Å². The number of nitrogens with zero attached hydrogens (tertiary/aromatic N) is 4. The number of hydrogen-bond acceptors (Lipinski definition) is 6. The van der Waals surface area contributed by atoms with Crippen LogP contribution < -0.4 is 10.5 Å². The molecule has 7 nitrogen and oxygen atoms in total. The summed E-state index contributed by atoms with van der Waals surface area (Å²) in [6, 6.07) is 3.48. The molecule has 0 fully saturated rings. The molecule has 0 aliphatic heterocycles. The summed E-state index contributed by atoms with van der Waals surface area (Å²) in [7, 11) is 0. The third kappa shape index (κ3) is 3.07. The molecule has 2 aromatic heterocycles. The fourth-order valence-corrected chi connectivity index (χ4v) is 2.06. The Morgan fingerprint density at radius 2 is 2.14 bits per heavy atom. The lowest BCUT2D eigenvalue weighted by Crippen LogP contribution is -2.19. The van der Waals surface area contributed by atoms with Crippen LogP contribution in [0.1, 0.15) is 30.7 Å². The molecule has 3 N–H and O–H groups in total. The van der Waals surface area contributed by atoms with Crippen LogP contribution in [0.4, 0.5) is 0 Å². The maximum atomic E-state index is 9.01. The lowest BCUT2D eigenvalue weighted by Gasteiger charge is -2.14. The minimum Gasteiger partial charge on any atom is -0.435 e. The number of rotatable bonds is 5. The molecule has 2 rings (SSSR count). The first-order chi connectivity index (χ1) is 10.2. The van der Waals surface area contributed by atoms with Crippen molar-refractivity contribution in [2.75, 3.05) is 0 Å². The zero-order chi connectivity index (χ0) is 15.2. The topological polar surface area (TPSA) is 107 Å². The van der Waals surface area contributed by atoms with Crippen molar-refractivity contribution in [3.8, 4) is 11.6 Å². The highest BCUT2D eigenvalue weighted by molar-refractivity contribution is 6.00. The number of pyridine rings is 1. The standard InChI is InChI=1S/C14H17N5O2/c1-3-10-11(4-2)17-18-14(12(10)13(15)19-20)21-9-6-5-7-16-8-9/h5-8,20H,3-4H2,1-2H3,(H2,15,19). The highest BCUT2D eigenvalue weighted by atomic mass is 16.5. The highest BCUT2D eigenvalue weighted by Crippen LogP contribution is 2.26. The SMILES string of the molecule is CCc1nnc(Oc2cccnc2)c(C(N)=NO)c1CC. The van der Waals surface area contributed by atoms with Crippen molar-refractivity contribution in [2.24, 2.45) is 10.9 Å². The molecular weight excluding hydrogens is 270 g/mol. The summed E-state index contributed by atoms with van der Waals surface area (Å²) in [5.41, 5.74) is 7.92. The fourth-order valence-electron chi connectivity index (χ4n) is 2.06. The maximum absolute atomic E-state index is 9.01. The van der Waals surface area contributed by atoms with E-state index in [2.05, 4.69) is 20.3 Å². The number of amidine groups is 1. The average Bonchev–Trinajstić information content (AvgIpc) is 2.54. The van der Waals surface area contributed by atoms with Crippen LogP contribution in [0.15, 0.2) is 29.7 Å². The van der Waals surface area contributed by atoms with Gasteiger partial charge in [-0.2, -0.15) is 5.10 Å². The average molecular weight is 287 g/mol. The summed E-state index contributed by atoms with van der Waals surface area (Å²) in [6.07, 6.45) is 4.57. The number of ether oxygens (including phenoxy) is 1. The normalized spacial score (nSPS) is 11.4. The number of aromatic nitrogens is 3. The molecule has 2 aromatic rings. The Morgan fingerprint density at radius 1 is 1.33 bits per heavy atom. The number of nitrogens with two attached hydrogens (primary N) is 1. The molecule has 0 aromatic carbocycles. The third-order valence-corrected chi connectivity index (χ3v) is 3.03. The molecule has 0 aliphatic carbocycles. The van der Waals surface area contributed by atoms with Crippen LogP contribution >= 0.6 is 0 Å². The molecule has 0 aliphatic rings. The van der Waals surface area contributed by atoms with Gasteiger partial charge in [0.05, 0.1) is 17.5 Å². The summed E-state index contributed by atoms with van der Waals surface area (Å²) < 4.78 is 5.67. The van der Waals surface area contributed by atoms with E-state index >= 15 is 0 Å². The van der Waals surface area contributed by atoms with Crippen LogP contribution in [-0.2, 0) is 12.8 Å². The van der Waals surface area contributed by atoms with E-state index in [1.807, 2.05) is 13.8 Å². The van der Waals surface area contributed by atoms with Gasteiger partial charge in [-0.1, -0.05) is 19.0 Å². The van der Waals surface area contributed by atoms with E-state index in [-0.39, 0.29) is 11.7 Å². The number of hydrogen-bond donors (Lipinski definition) is 2. The van der Waals surface area contributed by atoms with E-state index in [0.29, 0.717) is 24.2 Å². The van der Waals surface area contributed by atoms with Gasteiger partial charge >= 0.3 is 0 Å². The van der Waals surface area contributed by atoms with Gasteiger partial charge in [0.2, 0.25) is 5.88 Å². The second kappa shape index (κ2) is 6.65. The summed E-state index contributed by atoms with van der Waals surface area (Å²) in [5, 5.41) is 20.3. The van der Waals surface area contributed by atoms with Crippen LogP contribution in [0.5, 0.6) is 11.6 Å². The monoisotopic (exact) mass is 287 g/mol. The second-order valence-corrected chi connectivity index (χ2v) is 4.29. The molecule has 0 radical (unpaired) electrons. The molecule has 110 valence electrons. The quantitative estimate of drug-likeness (QED) is 0.376. The van der Waals surface area contributed by atoms with Gasteiger partial charge in [-0.25, -0.2) is 0 Å². The minimum atomic E-state index is -0.0460. The van der Waals surface area contributed by atoms with Crippen molar-refractivity contribution in [1.82, 2.24) is 15.2 Å². The Morgan fingerprint density at radius 3 is 2.71 bits per heavy atom. The summed E-state index contributed by atoms with van der Waals surface area (Å²) in [5.74, 6) is 0.660. The molecular formula is C14H17N5O2.